The van der Waals surface area contributed by atoms with Crippen LogP contribution in [-0.4, -0.2) is 54.6 Å². The second-order valence-corrected chi connectivity index (χ2v) is 6.13. The number of halogens is 3. The first-order valence-electron chi connectivity index (χ1n) is 8.47. The molecule has 0 bridgehead atoms. The molecule has 4 rings (SSSR count). The van der Waals surface area contributed by atoms with Crippen molar-refractivity contribution in [2.75, 3.05) is 30.0 Å². The highest BCUT2D eigenvalue weighted by Gasteiger charge is 2.27. The first-order chi connectivity index (χ1) is 14.3. The molecule has 0 aliphatic carbocycles. The van der Waals surface area contributed by atoms with Crippen LogP contribution in [0.25, 0.3) is 11.3 Å². The summed E-state index contributed by atoms with van der Waals surface area (Å²) in [5.74, 6) is 0.903. The summed E-state index contributed by atoms with van der Waals surface area (Å²) in [6.45, 7) is -1.23. The van der Waals surface area contributed by atoms with E-state index < -0.39 is 12.7 Å². The highest BCUT2D eigenvalue weighted by molar-refractivity contribution is 5.74. The van der Waals surface area contributed by atoms with E-state index in [1.165, 1.54) is 34.9 Å². The highest BCUT2D eigenvalue weighted by Crippen LogP contribution is 2.28. The topological polar surface area (TPSA) is 133 Å². The monoisotopic (exact) mass is 420 g/mol. The van der Waals surface area contributed by atoms with Crippen LogP contribution in [0.3, 0.4) is 0 Å². The van der Waals surface area contributed by atoms with Crippen molar-refractivity contribution in [1.82, 2.24) is 34.8 Å². The fourth-order valence-electron chi connectivity index (χ4n) is 2.71. The number of nitrogen functional groups attached to an aromatic ring is 1. The number of rotatable bonds is 6. The number of fused-ring (bicyclic) bond motifs is 1. The Kier molecular flexibility index (Phi) is 4.73. The number of nitrogens with one attached hydrogen (secondary N) is 2. The second kappa shape index (κ2) is 7.38. The number of hydrogen-bond acceptors (Lipinski definition) is 9. The zero-order chi connectivity index (χ0) is 21.3. The average Bonchev–Trinajstić information content (AvgIpc) is 3.36. The van der Waals surface area contributed by atoms with Crippen LogP contribution < -0.4 is 21.1 Å². The molecular formula is C16H15F3N10O. The number of nitrogens with two attached hydrogens (primary N) is 1. The average molecular weight is 420 g/mol. The third-order valence-corrected chi connectivity index (χ3v) is 3.99. The maximum absolute atomic E-state index is 12.7. The minimum absolute atomic E-state index is 0.116. The minimum Gasteiger partial charge on any atom is -0.497 e. The van der Waals surface area contributed by atoms with Gasteiger partial charge in [-0.25, -0.2) is 9.67 Å². The molecule has 3 heterocycles. The number of methoxy groups -OCH3 is 1. The van der Waals surface area contributed by atoms with Gasteiger partial charge >= 0.3 is 6.18 Å². The fourth-order valence-corrected chi connectivity index (χ4v) is 2.71. The van der Waals surface area contributed by atoms with Crippen molar-refractivity contribution in [3.63, 3.8) is 0 Å². The summed E-state index contributed by atoms with van der Waals surface area (Å²) in [5.41, 5.74) is 7.25. The number of anilines is 4. The van der Waals surface area contributed by atoms with E-state index in [4.69, 9.17) is 10.5 Å². The van der Waals surface area contributed by atoms with Crippen molar-refractivity contribution in [2.24, 2.45) is 0 Å². The molecule has 0 saturated carbocycles. The summed E-state index contributed by atoms with van der Waals surface area (Å²) in [6.07, 6.45) is -1.68. The Bertz CT molecular complexity index is 1170. The predicted molar refractivity (Wildman–Crippen MR) is 101 cm³/mol. The summed E-state index contributed by atoms with van der Waals surface area (Å²) >= 11 is 0. The first kappa shape index (κ1) is 19.2. The second-order valence-electron chi connectivity index (χ2n) is 6.13. The number of alkyl halides is 3. The summed E-state index contributed by atoms with van der Waals surface area (Å²) in [4.78, 5) is 4.01. The molecule has 0 atom stereocenters. The molecule has 4 aromatic rings. The molecule has 0 fully saturated rings. The number of nitrogens with zero attached hydrogens (tertiary/aromatic N) is 7. The number of imidazole rings is 1. The van der Waals surface area contributed by atoms with E-state index in [1.54, 1.807) is 18.2 Å². The Morgan fingerprint density at radius 2 is 2.03 bits per heavy atom. The molecular weight excluding hydrogens is 405 g/mol. The van der Waals surface area contributed by atoms with Gasteiger partial charge in [0.1, 0.15) is 24.4 Å². The Hall–Kier alpha value is -4.10. The smallest absolute Gasteiger partial charge is 0.405 e. The van der Waals surface area contributed by atoms with Crippen molar-refractivity contribution >= 4 is 28.7 Å². The van der Waals surface area contributed by atoms with Gasteiger partial charge in [-0.2, -0.15) is 17.7 Å². The van der Waals surface area contributed by atoms with E-state index in [9.17, 15) is 13.2 Å². The van der Waals surface area contributed by atoms with Crippen LogP contribution in [0.15, 0.2) is 36.8 Å². The standard InChI is InChI=1S/C16H15F3N10O/c1-30-11-3-9(2-10(4-11)28-8-23-26-27-28)24-14-5-12(22-7-16(17,18)19)15-21-6-13(20)29(15)25-14/h2-6,8,22H,7,20H2,1H3,(H,24,25). The van der Waals surface area contributed by atoms with Gasteiger partial charge < -0.3 is 21.1 Å². The number of aromatic nitrogens is 7. The van der Waals surface area contributed by atoms with E-state index >= 15 is 0 Å². The van der Waals surface area contributed by atoms with E-state index in [0.717, 1.165) is 0 Å². The van der Waals surface area contributed by atoms with Crippen molar-refractivity contribution < 1.29 is 17.9 Å². The molecule has 3 aromatic heterocycles. The Labute approximate surface area is 166 Å². The van der Waals surface area contributed by atoms with E-state index in [2.05, 4.69) is 36.2 Å². The van der Waals surface area contributed by atoms with Crippen LogP contribution in [0.1, 0.15) is 0 Å². The molecule has 0 aliphatic heterocycles. The fraction of sp³-hybridized carbons (Fsp3) is 0.188. The van der Waals surface area contributed by atoms with Crippen molar-refractivity contribution in [3.8, 4) is 11.4 Å². The molecule has 0 aliphatic rings. The van der Waals surface area contributed by atoms with E-state index in [1.807, 2.05) is 0 Å². The van der Waals surface area contributed by atoms with Crippen LogP contribution in [-0.2, 0) is 0 Å². The molecule has 0 amide bonds. The third-order valence-electron chi connectivity index (χ3n) is 3.99. The third kappa shape index (κ3) is 4.01. The molecule has 0 saturated heterocycles. The number of tetrazole rings is 1. The van der Waals surface area contributed by atoms with Gasteiger partial charge in [-0.15, -0.1) is 10.2 Å². The zero-order valence-electron chi connectivity index (χ0n) is 15.4. The maximum atomic E-state index is 12.7. The largest absolute Gasteiger partial charge is 0.497 e. The summed E-state index contributed by atoms with van der Waals surface area (Å²) in [7, 11) is 1.50. The normalized spacial score (nSPS) is 11.6. The molecule has 0 unspecified atom stereocenters. The van der Waals surface area contributed by atoms with Crippen molar-refractivity contribution in [1.29, 1.82) is 0 Å². The molecule has 156 valence electrons. The van der Waals surface area contributed by atoms with Crippen molar-refractivity contribution in [3.05, 3.63) is 36.8 Å². The Morgan fingerprint density at radius 3 is 2.73 bits per heavy atom. The maximum Gasteiger partial charge on any atom is 0.405 e. The molecule has 0 radical (unpaired) electrons. The van der Waals surface area contributed by atoms with Gasteiger partial charge in [0.15, 0.2) is 11.5 Å². The molecule has 11 nitrogen and oxygen atoms in total. The summed E-state index contributed by atoms with van der Waals surface area (Å²) < 4.78 is 46.0. The lowest BCUT2D eigenvalue weighted by atomic mass is 10.2. The van der Waals surface area contributed by atoms with Gasteiger partial charge in [0, 0.05) is 23.9 Å². The number of ether oxygens (including phenoxy) is 1. The molecule has 1 aromatic carbocycles. The van der Waals surface area contributed by atoms with Gasteiger partial charge in [-0.3, -0.25) is 0 Å². The zero-order valence-corrected chi connectivity index (χ0v) is 15.4. The number of hydrogen-bond donors (Lipinski definition) is 3. The van der Waals surface area contributed by atoms with Crippen LogP contribution >= 0.6 is 0 Å². The lowest BCUT2D eigenvalue weighted by molar-refractivity contribution is -0.115. The van der Waals surface area contributed by atoms with Gasteiger partial charge in [0.05, 0.1) is 24.7 Å². The van der Waals surface area contributed by atoms with Crippen LogP contribution in [0.4, 0.5) is 36.2 Å². The van der Waals surface area contributed by atoms with Gasteiger partial charge in [-0.1, -0.05) is 0 Å². The van der Waals surface area contributed by atoms with Crippen LogP contribution in [0.5, 0.6) is 5.75 Å². The molecule has 4 N–H and O–H groups in total. The predicted octanol–water partition coefficient (Wildman–Crippen LogP) is 2.01. The highest BCUT2D eigenvalue weighted by atomic mass is 19.4. The lowest BCUT2D eigenvalue weighted by Crippen LogP contribution is -2.22. The number of benzene rings is 1. The van der Waals surface area contributed by atoms with Gasteiger partial charge in [0.2, 0.25) is 0 Å². The van der Waals surface area contributed by atoms with E-state index in [0.29, 0.717) is 17.1 Å². The first-order valence-corrected chi connectivity index (χ1v) is 8.47. The molecule has 30 heavy (non-hydrogen) atoms. The molecule has 14 heteroatoms. The lowest BCUT2D eigenvalue weighted by Gasteiger charge is -2.14. The van der Waals surface area contributed by atoms with E-state index in [-0.39, 0.29) is 23.0 Å². The Morgan fingerprint density at radius 1 is 1.20 bits per heavy atom. The van der Waals surface area contributed by atoms with Crippen LogP contribution in [0.2, 0.25) is 0 Å². The van der Waals surface area contributed by atoms with Crippen LogP contribution in [0, 0.1) is 0 Å². The summed E-state index contributed by atoms with van der Waals surface area (Å²) in [6, 6.07) is 6.51. The SMILES string of the molecule is COc1cc(Nc2cc(NCC(F)(F)F)c3ncc(N)n3n2)cc(-n2cnnn2)c1. The van der Waals surface area contributed by atoms with Crippen molar-refractivity contribution in [2.45, 2.75) is 6.18 Å². The van der Waals surface area contributed by atoms with Gasteiger partial charge in [0.25, 0.3) is 0 Å². The summed E-state index contributed by atoms with van der Waals surface area (Å²) in [5, 5.41) is 20.7. The minimum atomic E-state index is -4.40. The van der Waals surface area contributed by atoms with Gasteiger partial charge in [-0.05, 0) is 16.5 Å². The molecule has 0 spiro atoms. The Balaban J connectivity index is 1.71. The quantitative estimate of drug-likeness (QED) is 0.428.